The summed E-state index contributed by atoms with van der Waals surface area (Å²) in [5.74, 6) is -0.890. The number of halogens is 3. The van der Waals surface area contributed by atoms with Crippen molar-refractivity contribution in [3.05, 3.63) is 46.8 Å². The molecule has 0 saturated heterocycles. The highest BCUT2D eigenvalue weighted by molar-refractivity contribution is 5.74. The van der Waals surface area contributed by atoms with Gasteiger partial charge in [0.25, 0.3) is 0 Å². The van der Waals surface area contributed by atoms with Crippen molar-refractivity contribution < 1.29 is 18.0 Å². The first-order chi connectivity index (χ1) is 13.5. The second-order valence-electron chi connectivity index (χ2n) is 7.43. The SMILES string of the molecule is CC1c2nnc(C3CCCC3)n2CCN1C(=O)NCc1c(F)cc(F)cc1F. The fourth-order valence-corrected chi connectivity index (χ4v) is 4.18. The standard InChI is InChI=1S/C19H22F3N5O/c1-11-17-24-25-18(12-4-2-3-5-12)27(17)7-6-26(11)19(28)23-10-14-15(21)8-13(20)9-16(14)22/h8-9,11-12H,2-7,10H2,1H3,(H,23,28). The summed E-state index contributed by atoms with van der Waals surface area (Å²) in [6.45, 7) is 2.54. The predicted molar refractivity (Wildman–Crippen MR) is 94.9 cm³/mol. The van der Waals surface area contributed by atoms with E-state index in [2.05, 4.69) is 20.1 Å². The summed E-state index contributed by atoms with van der Waals surface area (Å²) in [6, 6.07) is 0.439. The number of carbonyl (C=O) groups is 1. The van der Waals surface area contributed by atoms with Crippen LogP contribution in [0.15, 0.2) is 12.1 Å². The van der Waals surface area contributed by atoms with Crippen molar-refractivity contribution in [3.63, 3.8) is 0 Å². The van der Waals surface area contributed by atoms with Crippen molar-refractivity contribution in [2.24, 2.45) is 0 Å². The van der Waals surface area contributed by atoms with Crippen molar-refractivity contribution in [2.45, 2.75) is 57.7 Å². The lowest BCUT2D eigenvalue weighted by Crippen LogP contribution is -2.46. The van der Waals surface area contributed by atoms with Gasteiger partial charge in [-0.3, -0.25) is 0 Å². The van der Waals surface area contributed by atoms with Crippen molar-refractivity contribution in [1.29, 1.82) is 0 Å². The van der Waals surface area contributed by atoms with Gasteiger partial charge in [-0.25, -0.2) is 18.0 Å². The number of hydrogen-bond acceptors (Lipinski definition) is 3. The molecule has 0 spiro atoms. The molecule has 150 valence electrons. The molecule has 1 aromatic heterocycles. The van der Waals surface area contributed by atoms with E-state index in [1.807, 2.05) is 6.92 Å². The Kier molecular flexibility index (Phi) is 4.99. The maximum atomic E-state index is 13.8. The van der Waals surface area contributed by atoms with Crippen molar-refractivity contribution >= 4 is 6.03 Å². The fourth-order valence-electron chi connectivity index (χ4n) is 4.18. The van der Waals surface area contributed by atoms with E-state index in [4.69, 9.17) is 0 Å². The Morgan fingerprint density at radius 3 is 2.43 bits per heavy atom. The molecule has 1 unspecified atom stereocenters. The molecule has 2 aromatic rings. The summed E-state index contributed by atoms with van der Waals surface area (Å²) < 4.78 is 42.6. The van der Waals surface area contributed by atoms with Gasteiger partial charge in [0.2, 0.25) is 0 Å². The molecule has 28 heavy (non-hydrogen) atoms. The number of fused-ring (bicyclic) bond motifs is 1. The van der Waals surface area contributed by atoms with Crippen LogP contribution in [0, 0.1) is 17.5 Å². The monoisotopic (exact) mass is 393 g/mol. The highest BCUT2D eigenvalue weighted by Crippen LogP contribution is 2.35. The molecule has 1 atom stereocenters. The molecule has 0 radical (unpaired) electrons. The van der Waals surface area contributed by atoms with Crippen LogP contribution in [0.1, 0.15) is 61.8 Å². The highest BCUT2D eigenvalue weighted by Gasteiger charge is 2.33. The number of rotatable bonds is 3. The lowest BCUT2D eigenvalue weighted by Gasteiger charge is -2.34. The van der Waals surface area contributed by atoms with E-state index in [9.17, 15) is 18.0 Å². The average molecular weight is 393 g/mol. The first-order valence-corrected chi connectivity index (χ1v) is 9.56. The molecule has 4 rings (SSSR count). The maximum absolute atomic E-state index is 13.8. The third-order valence-corrected chi connectivity index (χ3v) is 5.72. The molecule has 1 N–H and O–H groups in total. The van der Waals surface area contributed by atoms with Gasteiger partial charge in [-0.2, -0.15) is 0 Å². The van der Waals surface area contributed by atoms with Crippen LogP contribution in [-0.2, 0) is 13.1 Å². The maximum Gasteiger partial charge on any atom is 0.318 e. The minimum atomic E-state index is -1.02. The van der Waals surface area contributed by atoms with Gasteiger partial charge >= 0.3 is 6.03 Å². The van der Waals surface area contributed by atoms with Crippen LogP contribution in [-0.4, -0.2) is 32.2 Å². The number of urea groups is 1. The summed E-state index contributed by atoms with van der Waals surface area (Å²) in [5, 5.41) is 11.2. The van der Waals surface area contributed by atoms with Crippen LogP contribution in [0.2, 0.25) is 0 Å². The first-order valence-electron chi connectivity index (χ1n) is 9.56. The van der Waals surface area contributed by atoms with E-state index >= 15 is 0 Å². The smallest absolute Gasteiger partial charge is 0.318 e. The zero-order valence-corrected chi connectivity index (χ0v) is 15.6. The van der Waals surface area contributed by atoms with Crippen LogP contribution in [0.5, 0.6) is 0 Å². The molecular formula is C19H22F3N5O. The summed E-state index contributed by atoms with van der Waals surface area (Å²) in [6.07, 6.45) is 4.64. The Morgan fingerprint density at radius 2 is 1.75 bits per heavy atom. The lowest BCUT2D eigenvalue weighted by molar-refractivity contribution is 0.158. The summed E-state index contributed by atoms with van der Waals surface area (Å²) in [4.78, 5) is 14.2. The van der Waals surface area contributed by atoms with Crippen LogP contribution in [0.4, 0.5) is 18.0 Å². The fraction of sp³-hybridized carbons (Fsp3) is 0.526. The Balaban J connectivity index is 1.45. The van der Waals surface area contributed by atoms with Crippen molar-refractivity contribution in [3.8, 4) is 0 Å². The van der Waals surface area contributed by atoms with Gasteiger partial charge in [-0.15, -0.1) is 10.2 Å². The molecule has 1 saturated carbocycles. The zero-order valence-electron chi connectivity index (χ0n) is 15.6. The van der Waals surface area contributed by atoms with Crippen molar-refractivity contribution in [1.82, 2.24) is 25.0 Å². The minimum absolute atomic E-state index is 0.306. The number of amides is 2. The zero-order chi connectivity index (χ0) is 19.8. The number of carbonyl (C=O) groups excluding carboxylic acids is 1. The van der Waals surface area contributed by atoms with Crippen LogP contribution >= 0.6 is 0 Å². The van der Waals surface area contributed by atoms with Gasteiger partial charge in [0.05, 0.1) is 12.6 Å². The third kappa shape index (κ3) is 3.33. The number of hydrogen-bond donors (Lipinski definition) is 1. The predicted octanol–water partition coefficient (Wildman–Crippen LogP) is 3.64. The molecule has 0 bridgehead atoms. The quantitative estimate of drug-likeness (QED) is 0.866. The largest absolute Gasteiger partial charge is 0.334 e. The minimum Gasteiger partial charge on any atom is -0.334 e. The Bertz CT molecular complexity index is 871. The number of nitrogens with zero attached hydrogens (tertiary/aromatic N) is 4. The summed E-state index contributed by atoms with van der Waals surface area (Å²) in [5.41, 5.74) is -0.369. The molecule has 1 aliphatic heterocycles. The molecule has 9 heteroatoms. The Hall–Kier alpha value is -2.58. The van der Waals surface area contributed by atoms with Crippen LogP contribution in [0.3, 0.4) is 0 Å². The van der Waals surface area contributed by atoms with Gasteiger partial charge in [0.1, 0.15) is 23.3 Å². The van der Waals surface area contributed by atoms with E-state index in [1.165, 1.54) is 12.8 Å². The van der Waals surface area contributed by atoms with Gasteiger partial charge in [-0.05, 0) is 19.8 Å². The molecule has 2 aliphatic rings. The normalized spacial score (nSPS) is 19.7. The van der Waals surface area contributed by atoms with Crippen molar-refractivity contribution in [2.75, 3.05) is 6.54 Å². The molecule has 1 aliphatic carbocycles. The highest BCUT2D eigenvalue weighted by atomic mass is 19.1. The van der Waals surface area contributed by atoms with E-state index in [-0.39, 0.29) is 18.2 Å². The molecular weight excluding hydrogens is 371 g/mol. The molecule has 1 fully saturated rings. The van der Waals surface area contributed by atoms with Gasteiger partial charge in [0, 0.05) is 36.7 Å². The van der Waals surface area contributed by atoms with E-state index in [1.54, 1.807) is 4.90 Å². The summed E-state index contributed by atoms with van der Waals surface area (Å²) in [7, 11) is 0. The van der Waals surface area contributed by atoms with Crippen LogP contribution < -0.4 is 5.32 Å². The Morgan fingerprint density at radius 1 is 1.11 bits per heavy atom. The topological polar surface area (TPSA) is 63.1 Å². The number of benzene rings is 1. The second kappa shape index (κ2) is 7.44. The lowest BCUT2D eigenvalue weighted by atomic mass is 10.1. The van der Waals surface area contributed by atoms with Gasteiger partial charge in [0.15, 0.2) is 5.82 Å². The Labute approximate surface area is 160 Å². The van der Waals surface area contributed by atoms with Gasteiger partial charge < -0.3 is 14.8 Å². The second-order valence-corrected chi connectivity index (χ2v) is 7.43. The van der Waals surface area contributed by atoms with Gasteiger partial charge in [-0.1, -0.05) is 12.8 Å². The first kappa shape index (κ1) is 18.8. The average Bonchev–Trinajstić information content (AvgIpc) is 3.30. The molecule has 1 aromatic carbocycles. The molecule has 2 amide bonds. The molecule has 2 heterocycles. The molecule has 6 nitrogen and oxygen atoms in total. The summed E-state index contributed by atoms with van der Waals surface area (Å²) >= 11 is 0. The number of nitrogens with one attached hydrogen (secondary N) is 1. The van der Waals surface area contributed by atoms with E-state index < -0.39 is 23.5 Å². The van der Waals surface area contributed by atoms with Crippen LogP contribution in [0.25, 0.3) is 0 Å². The number of aromatic nitrogens is 3. The third-order valence-electron chi connectivity index (χ3n) is 5.72. The van der Waals surface area contributed by atoms with E-state index in [0.29, 0.717) is 31.1 Å². The van der Waals surface area contributed by atoms with E-state index in [0.717, 1.165) is 24.5 Å².